The van der Waals surface area contributed by atoms with Crippen LogP contribution in [0.2, 0.25) is 5.02 Å². The first-order chi connectivity index (χ1) is 8.16. The molecule has 0 spiro atoms. The highest BCUT2D eigenvalue weighted by molar-refractivity contribution is 6.30. The highest BCUT2D eigenvalue weighted by Crippen LogP contribution is 2.28. The molecule has 0 heterocycles. The summed E-state index contributed by atoms with van der Waals surface area (Å²) in [6, 6.07) is 7.60. The summed E-state index contributed by atoms with van der Waals surface area (Å²) in [4.78, 5) is 11.1. The van der Waals surface area contributed by atoms with Gasteiger partial charge in [-0.1, -0.05) is 35.4 Å². The van der Waals surface area contributed by atoms with Crippen LogP contribution in [-0.4, -0.2) is 11.1 Å². The third-order valence-electron chi connectivity index (χ3n) is 3.17. The topological polar surface area (TPSA) is 37.3 Å². The number of carboxylic acid groups (broad SMARTS) is 1. The van der Waals surface area contributed by atoms with Crippen LogP contribution in [0.4, 0.5) is 0 Å². The van der Waals surface area contributed by atoms with Crippen LogP contribution >= 0.6 is 11.6 Å². The van der Waals surface area contributed by atoms with Crippen LogP contribution in [0.1, 0.15) is 24.8 Å². The molecule has 2 rings (SSSR count). The molecule has 0 radical (unpaired) electrons. The van der Waals surface area contributed by atoms with Gasteiger partial charge in [-0.05, 0) is 43.4 Å². The van der Waals surface area contributed by atoms with E-state index in [1.54, 1.807) is 0 Å². The number of rotatable bonds is 3. The van der Waals surface area contributed by atoms with Crippen LogP contribution < -0.4 is 0 Å². The fourth-order valence-electron chi connectivity index (χ4n) is 2.25. The van der Waals surface area contributed by atoms with Crippen LogP contribution in [0.5, 0.6) is 0 Å². The Balaban J connectivity index is 2.13. The van der Waals surface area contributed by atoms with E-state index in [0.717, 1.165) is 30.4 Å². The second kappa shape index (κ2) is 5.37. The first-order valence-electron chi connectivity index (χ1n) is 5.83. The van der Waals surface area contributed by atoms with E-state index in [4.69, 9.17) is 16.7 Å². The molecule has 1 unspecified atom stereocenters. The average molecular weight is 251 g/mol. The number of benzene rings is 1. The van der Waals surface area contributed by atoms with Gasteiger partial charge < -0.3 is 5.11 Å². The Hall–Kier alpha value is -1.28. The number of hydrogen-bond donors (Lipinski definition) is 1. The standard InChI is InChI=1S/C14H15ClO2/c15-12-7-5-10(6-8-12)9-11-3-1-2-4-13(11)14(16)17/h3,5-8,13H,1-2,4,9H2,(H,16,17). The zero-order chi connectivity index (χ0) is 12.3. The van der Waals surface area contributed by atoms with Gasteiger partial charge in [0, 0.05) is 5.02 Å². The lowest BCUT2D eigenvalue weighted by molar-refractivity contribution is -0.140. The van der Waals surface area contributed by atoms with Crippen molar-refractivity contribution < 1.29 is 9.90 Å². The molecule has 0 saturated heterocycles. The normalized spacial score (nSPS) is 19.8. The van der Waals surface area contributed by atoms with Crippen LogP contribution in [0.15, 0.2) is 35.9 Å². The van der Waals surface area contributed by atoms with Crippen LogP contribution in [0.25, 0.3) is 0 Å². The Bertz CT molecular complexity index is 434. The smallest absolute Gasteiger partial charge is 0.310 e. The maximum Gasteiger partial charge on any atom is 0.310 e. The molecule has 1 atom stereocenters. The molecule has 0 saturated carbocycles. The third kappa shape index (κ3) is 3.10. The van der Waals surface area contributed by atoms with Crippen LogP contribution in [-0.2, 0) is 11.2 Å². The lowest BCUT2D eigenvalue weighted by Gasteiger charge is -2.20. The maximum absolute atomic E-state index is 11.1. The quantitative estimate of drug-likeness (QED) is 0.831. The molecule has 1 aromatic rings. The van der Waals surface area contributed by atoms with Crippen molar-refractivity contribution in [3.8, 4) is 0 Å². The molecule has 1 aliphatic rings. The van der Waals surface area contributed by atoms with Crippen LogP contribution in [0, 0.1) is 5.92 Å². The van der Waals surface area contributed by atoms with Gasteiger partial charge in [-0.2, -0.15) is 0 Å². The van der Waals surface area contributed by atoms with E-state index in [9.17, 15) is 4.79 Å². The molecule has 0 amide bonds. The molecule has 2 nitrogen and oxygen atoms in total. The summed E-state index contributed by atoms with van der Waals surface area (Å²) < 4.78 is 0. The predicted molar refractivity (Wildman–Crippen MR) is 68.2 cm³/mol. The summed E-state index contributed by atoms with van der Waals surface area (Å²) in [7, 11) is 0. The van der Waals surface area contributed by atoms with E-state index in [1.165, 1.54) is 0 Å². The van der Waals surface area contributed by atoms with E-state index in [-0.39, 0.29) is 5.92 Å². The Labute approximate surface area is 106 Å². The van der Waals surface area contributed by atoms with Crippen molar-refractivity contribution >= 4 is 17.6 Å². The summed E-state index contributed by atoms with van der Waals surface area (Å²) in [5, 5.41) is 9.88. The molecular weight excluding hydrogens is 236 g/mol. The Morgan fingerprint density at radius 2 is 2.06 bits per heavy atom. The molecule has 0 bridgehead atoms. The fourth-order valence-corrected chi connectivity index (χ4v) is 2.38. The molecule has 1 aromatic carbocycles. The van der Waals surface area contributed by atoms with Gasteiger partial charge in [0.25, 0.3) is 0 Å². The van der Waals surface area contributed by atoms with Crippen molar-refractivity contribution in [2.24, 2.45) is 5.92 Å². The Morgan fingerprint density at radius 3 is 2.71 bits per heavy atom. The van der Waals surface area contributed by atoms with Gasteiger partial charge in [0.15, 0.2) is 0 Å². The van der Waals surface area contributed by atoms with E-state index in [2.05, 4.69) is 6.08 Å². The van der Waals surface area contributed by atoms with E-state index in [0.29, 0.717) is 11.4 Å². The SMILES string of the molecule is O=C(O)C1CCCC=C1Cc1ccc(Cl)cc1. The fraction of sp³-hybridized carbons (Fsp3) is 0.357. The molecule has 90 valence electrons. The first-order valence-corrected chi connectivity index (χ1v) is 6.21. The van der Waals surface area contributed by atoms with Gasteiger partial charge in [0.05, 0.1) is 5.92 Å². The lowest BCUT2D eigenvalue weighted by atomic mass is 9.84. The summed E-state index contributed by atoms with van der Waals surface area (Å²) >= 11 is 5.82. The molecule has 3 heteroatoms. The zero-order valence-corrected chi connectivity index (χ0v) is 10.3. The maximum atomic E-state index is 11.1. The lowest BCUT2D eigenvalue weighted by Crippen LogP contribution is -2.20. The number of carboxylic acids is 1. The van der Waals surface area contributed by atoms with Crippen molar-refractivity contribution in [2.45, 2.75) is 25.7 Å². The summed E-state index contributed by atoms with van der Waals surface area (Å²) in [6.45, 7) is 0. The molecule has 17 heavy (non-hydrogen) atoms. The van der Waals surface area contributed by atoms with Crippen LogP contribution in [0.3, 0.4) is 0 Å². The Kier molecular flexibility index (Phi) is 3.85. The molecule has 1 N–H and O–H groups in total. The van der Waals surface area contributed by atoms with Crippen molar-refractivity contribution in [1.29, 1.82) is 0 Å². The van der Waals surface area contributed by atoms with Gasteiger partial charge in [0.1, 0.15) is 0 Å². The molecule has 0 fully saturated rings. The number of hydrogen-bond acceptors (Lipinski definition) is 1. The van der Waals surface area contributed by atoms with Crippen molar-refractivity contribution in [3.63, 3.8) is 0 Å². The Morgan fingerprint density at radius 1 is 1.35 bits per heavy atom. The number of halogens is 1. The largest absolute Gasteiger partial charge is 0.481 e. The van der Waals surface area contributed by atoms with Gasteiger partial charge in [0.2, 0.25) is 0 Å². The van der Waals surface area contributed by atoms with E-state index in [1.807, 2.05) is 24.3 Å². The summed E-state index contributed by atoms with van der Waals surface area (Å²) in [5.41, 5.74) is 2.15. The van der Waals surface area contributed by atoms with Gasteiger partial charge in [-0.15, -0.1) is 0 Å². The molecular formula is C14H15ClO2. The molecule has 1 aliphatic carbocycles. The van der Waals surface area contributed by atoms with Crippen molar-refractivity contribution in [3.05, 3.63) is 46.5 Å². The summed E-state index contributed by atoms with van der Waals surface area (Å²) in [5.74, 6) is -1.01. The van der Waals surface area contributed by atoms with Gasteiger partial charge in [-0.3, -0.25) is 4.79 Å². The minimum absolute atomic E-state index is 0.306. The average Bonchev–Trinajstić information content (AvgIpc) is 2.32. The second-order valence-corrected chi connectivity index (χ2v) is 4.84. The highest BCUT2D eigenvalue weighted by atomic mass is 35.5. The number of allylic oxidation sites excluding steroid dienone is 1. The molecule has 0 aliphatic heterocycles. The molecule has 0 aromatic heterocycles. The third-order valence-corrected chi connectivity index (χ3v) is 3.42. The van der Waals surface area contributed by atoms with E-state index >= 15 is 0 Å². The summed E-state index contributed by atoms with van der Waals surface area (Å²) in [6.07, 6.45) is 5.52. The van der Waals surface area contributed by atoms with Gasteiger partial charge in [-0.25, -0.2) is 0 Å². The minimum Gasteiger partial charge on any atom is -0.481 e. The number of carbonyl (C=O) groups is 1. The minimum atomic E-state index is -0.704. The highest BCUT2D eigenvalue weighted by Gasteiger charge is 2.24. The van der Waals surface area contributed by atoms with Gasteiger partial charge >= 0.3 is 5.97 Å². The first kappa shape index (κ1) is 12.2. The monoisotopic (exact) mass is 250 g/mol. The van der Waals surface area contributed by atoms with Crippen molar-refractivity contribution in [2.75, 3.05) is 0 Å². The van der Waals surface area contributed by atoms with Crippen molar-refractivity contribution in [1.82, 2.24) is 0 Å². The second-order valence-electron chi connectivity index (χ2n) is 4.40. The predicted octanol–water partition coefficient (Wildman–Crippen LogP) is 3.69. The van der Waals surface area contributed by atoms with E-state index < -0.39 is 5.97 Å². The zero-order valence-electron chi connectivity index (χ0n) is 9.53. The number of aliphatic carboxylic acids is 1.